The minimum Gasteiger partial charge on any atom is -0.320 e. The van der Waals surface area contributed by atoms with Crippen LogP contribution in [0.15, 0.2) is 351 Å². The molecule has 16 rings (SSSR count). The predicted molar refractivity (Wildman–Crippen MR) is 394 cm³/mol. The highest BCUT2D eigenvalue weighted by Crippen LogP contribution is 2.53. The topological polar surface area (TPSA) is 25.9 Å². The van der Waals surface area contributed by atoms with Crippen molar-refractivity contribution in [1.82, 2.24) is 0 Å². The van der Waals surface area contributed by atoms with Crippen LogP contribution < -0.4 is 39.2 Å². The second kappa shape index (κ2) is 26.2. The Morgan fingerprint density at radius 1 is 0.170 bits per heavy atom. The second-order valence-corrected chi connectivity index (χ2v) is 25.1. The van der Waals surface area contributed by atoms with Crippen LogP contribution in [0.5, 0.6) is 0 Å². The molecule has 0 bridgehead atoms. The molecular weight excluding hydrogens is 1150 g/mol. The fourth-order valence-corrected chi connectivity index (χ4v) is 15.4. The van der Waals surface area contributed by atoms with E-state index in [-0.39, 0.29) is 24.2 Å². The molecule has 12 aromatic carbocycles. The van der Waals surface area contributed by atoms with E-state index in [2.05, 4.69) is 379 Å². The molecule has 0 radical (unpaired) electrons. The summed E-state index contributed by atoms with van der Waals surface area (Å²) in [7, 11) is 0. The fourth-order valence-electron chi connectivity index (χ4n) is 15.4. The second-order valence-electron chi connectivity index (χ2n) is 25.1. The third-order valence-corrected chi connectivity index (χ3v) is 19.5. The standard InChI is InChI=1S/C86H76N8/c1-9-29-65(30-10-1)87(66-31-11-2-12-32-66)73-49-57-77(58-50-73)91-81-45-25-26-46-82(81)92(78-59-51-74(52-60-78)88(67-33-13-3-14-34-67)68-35-15-4-16-36-68)85(91)86-93(79-61-53-75(54-62-79)89(69-37-17-5-18-38-69)70-39-19-6-20-40-70)83-47-27-28-48-84(83)94(86)80-63-55-76(56-64-80)90(71-41-21-7-22-42-71)72-43-23-8-24-44-72/h1-24,29-44,49-64,81-84H,25-28,45-48H2. The molecule has 2 saturated heterocycles. The van der Waals surface area contributed by atoms with E-state index < -0.39 is 0 Å². The van der Waals surface area contributed by atoms with Crippen LogP contribution >= 0.6 is 0 Å². The molecule has 2 aliphatic carbocycles. The van der Waals surface area contributed by atoms with Crippen LogP contribution in [0.25, 0.3) is 0 Å². The van der Waals surface area contributed by atoms with Crippen LogP contribution in [0.3, 0.4) is 0 Å². The zero-order chi connectivity index (χ0) is 62.6. The van der Waals surface area contributed by atoms with Gasteiger partial charge in [0.15, 0.2) is 11.6 Å². The van der Waals surface area contributed by atoms with Crippen molar-refractivity contribution in [2.24, 2.45) is 0 Å². The van der Waals surface area contributed by atoms with E-state index in [4.69, 9.17) is 0 Å². The highest BCUT2D eigenvalue weighted by Gasteiger charge is 2.54. The van der Waals surface area contributed by atoms with Gasteiger partial charge in [-0.3, -0.25) is 0 Å². The minimum atomic E-state index is 0.179. The van der Waals surface area contributed by atoms with Gasteiger partial charge in [-0.05, 0) is 220 Å². The van der Waals surface area contributed by atoms with Gasteiger partial charge in [0, 0.05) is 91.0 Å². The third-order valence-electron chi connectivity index (χ3n) is 19.5. The molecule has 2 saturated carbocycles. The highest BCUT2D eigenvalue weighted by atomic mass is 15.5. The van der Waals surface area contributed by atoms with Crippen molar-refractivity contribution < 1.29 is 0 Å². The van der Waals surface area contributed by atoms with E-state index in [1.165, 1.54) is 34.4 Å². The lowest BCUT2D eigenvalue weighted by molar-refractivity contribution is 0.409. The molecule has 2 aliphatic heterocycles. The number of hydrogen-bond acceptors (Lipinski definition) is 8. The number of anilines is 16. The minimum absolute atomic E-state index is 0.179. The molecule has 8 heteroatoms. The van der Waals surface area contributed by atoms with Crippen molar-refractivity contribution in [3.05, 3.63) is 351 Å². The average Bonchev–Trinajstić information content (AvgIpc) is 1.55. The summed E-state index contributed by atoms with van der Waals surface area (Å²) in [5.74, 6) is 2.44. The van der Waals surface area contributed by atoms with Crippen LogP contribution in [-0.2, 0) is 0 Å². The molecule has 4 fully saturated rings. The maximum absolute atomic E-state index is 2.80. The van der Waals surface area contributed by atoms with Crippen LogP contribution in [-0.4, -0.2) is 24.2 Å². The first kappa shape index (κ1) is 57.9. The largest absolute Gasteiger partial charge is 0.320 e. The van der Waals surface area contributed by atoms with Gasteiger partial charge in [0.05, 0.1) is 24.2 Å². The summed E-state index contributed by atoms with van der Waals surface area (Å²) < 4.78 is 0. The Kier molecular flexibility index (Phi) is 16.1. The van der Waals surface area contributed by atoms with E-state index >= 15 is 0 Å². The molecule has 0 N–H and O–H groups in total. The van der Waals surface area contributed by atoms with Crippen molar-refractivity contribution in [2.45, 2.75) is 75.5 Å². The SMILES string of the molecule is c1ccc(N(c2ccccc2)c2ccc(N3C(=C4N(c5ccc(N(c6ccccc6)c6ccccc6)cc5)C5CCCCC5N4c4ccc(N(c5ccccc5)c5ccccc5)cc4)N(c4ccc(N(c5ccccc5)c5ccccc5)cc4)C4CCCCC43)cc2)cc1. The monoisotopic (exact) mass is 1220 g/mol. The van der Waals surface area contributed by atoms with E-state index in [0.29, 0.717) is 0 Å². The van der Waals surface area contributed by atoms with Gasteiger partial charge in [0.25, 0.3) is 0 Å². The summed E-state index contributed by atoms with van der Waals surface area (Å²) in [6, 6.07) is 125. The first-order valence-electron chi connectivity index (χ1n) is 33.6. The lowest BCUT2D eigenvalue weighted by Crippen LogP contribution is -2.40. The summed E-state index contributed by atoms with van der Waals surface area (Å²) in [6.45, 7) is 0. The number of para-hydroxylation sites is 8. The average molecular weight is 1220 g/mol. The molecule has 12 aromatic rings. The van der Waals surface area contributed by atoms with Crippen molar-refractivity contribution in [3.8, 4) is 0 Å². The zero-order valence-electron chi connectivity index (χ0n) is 52.9. The lowest BCUT2D eigenvalue weighted by Gasteiger charge is -2.36. The number of rotatable bonds is 16. The van der Waals surface area contributed by atoms with Crippen LogP contribution in [0.4, 0.5) is 91.0 Å². The molecule has 0 spiro atoms. The highest BCUT2D eigenvalue weighted by molar-refractivity contribution is 5.85. The number of nitrogens with zero attached hydrogens (tertiary/aromatic N) is 8. The van der Waals surface area contributed by atoms with Crippen LogP contribution in [0.2, 0.25) is 0 Å². The third kappa shape index (κ3) is 11.1. The van der Waals surface area contributed by atoms with Gasteiger partial charge in [0.2, 0.25) is 0 Å². The van der Waals surface area contributed by atoms with E-state index in [1.54, 1.807) is 0 Å². The first-order valence-corrected chi connectivity index (χ1v) is 33.6. The van der Waals surface area contributed by atoms with Gasteiger partial charge in [-0.1, -0.05) is 171 Å². The fraction of sp³-hybridized carbons (Fsp3) is 0.140. The van der Waals surface area contributed by atoms with Gasteiger partial charge < -0.3 is 39.2 Å². The Morgan fingerprint density at radius 2 is 0.309 bits per heavy atom. The summed E-state index contributed by atoms with van der Waals surface area (Å²) in [4.78, 5) is 20.7. The summed E-state index contributed by atoms with van der Waals surface area (Å²) in [5, 5.41) is 0. The molecule has 4 aliphatic rings. The molecule has 8 nitrogen and oxygen atoms in total. The Morgan fingerprint density at radius 3 is 0.457 bits per heavy atom. The molecule has 2 heterocycles. The van der Waals surface area contributed by atoms with Crippen molar-refractivity contribution in [2.75, 3.05) is 39.2 Å². The molecule has 94 heavy (non-hydrogen) atoms. The number of hydrogen-bond donors (Lipinski definition) is 0. The van der Waals surface area contributed by atoms with Gasteiger partial charge in [-0.2, -0.15) is 0 Å². The lowest BCUT2D eigenvalue weighted by atomic mass is 9.89. The molecule has 0 amide bonds. The van der Waals surface area contributed by atoms with E-state index in [0.717, 1.165) is 120 Å². The molecule has 460 valence electrons. The smallest absolute Gasteiger partial charge is 0.156 e. The molecule has 4 atom stereocenters. The van der Waals surface area contributed by atoms with Crippen LogP contribution in [0, 0.1) is 0 Å². The Hall–Kier alpha value is -11.2. The Balaban J connectivity index is 0.923. The number of fused-ring (bicyclic) bond motifs is 2. The maximum atomic E-state index is 2.80. The van der Waals surface area contributed by atoms with E-state index in [9.17, 15) is 0 Å². The molecule has 0 aromatic heterocycles. The van der Waals surface area contributed by atoms with Crippen molar-refractivity contribution in [1.29, 1.82) is 0 Å². The number of benzene rings is 12. The van der Waals surface area contributed by atoms with Gasteiger partial charge in [-0.25, -0.2) is 0 Å². The summed E-state index contributed by atoms with van der Waals surface area (Å²) >= 11 is 0. The van der Waals surface area contributed by atoms with Gasteiger partial charge in [-0.15, -0.1) is 0 Å². The molecule has 4 unspecified atom stereocenters. The van der Waals surface area contributed by atoms with Gasteiger partial charge in [0.1, 0.15) is 0 Å². The normalized spacial score (nSPS) is 17.5. The Labute approximate surface area is 554 Å². The van der Waals surface area contributed by atoms with Crippen molar-refractivity contribution >= 4 is 91.0 Å². The zero-order valence-corrected chi connectivity index (χ0v) is 52.9. The first-order chi connectivity index (χ1) is 46.7. The van der Waals surface area contributed by atoms with Crippen LogP contribution in [0.1, 0.15) is 51.4 Å². The van der Waals surface area contributed by atoms with Crippen molar-refractivity contribution in [3.63, 3.8) is 0 Å². The van der Waals surface area contributed by atoms with Gasteiger partial charge >= 0.3 is 0 Å². The predicted octanol–water partition coefficient (Wildman–Crippen LogP) is 22.7. The summed E-state index contributed by atoms with van der Waals surface area (Å²) in [6.07, 6.45) is 8.88. The van der Waals surface area contributed by atoms with E-state index in [1.807, 2.05) is 0 Å². The summed E-state index contributed by atoms with van der Waals surface area (Å²) in [5.41, 5.74) is 18.1. The molecular formula is C86H76N8. The maximum Gasteiger partial charge on any atom is 0.156 e. The quantitative estimate of drug-likeness (QED) is 0.0944. The Bertz CT molecular complexity index is 3710.